The van der Waals surface area contributed by atoms with Gasteiger partial charge in [-0.2, -0.15) is 0 Å². The summed E-state index contributed by atoms with van der Waals surface area (Å²) in [6.07, 6.45) is 0. The fraction of sp³-hybridized carbons (Fsp3) is 0.214. The Hall–Kier alpha value is -3.08. The van der Waals surface area contributed by atoms with Crippen LogP contribution in [-0.4, -0.2) is 18.3 Å². The first-order valence-corrected chi connectivity index (χ1v) is 11.1. The van der Waals surface area contributed by atoms with Gasteiger partial charge in [0.15, 0.2) is 0 Å². The Labute approximate surface area is 188 Å². The first-order chi connectivity index (χ1) is 15.3. The summed E-state index contributed by atoms with van der Waals surface area (Å²) in [5.41, 5.74) is 4.46. The van der Waals surface area contributed by atoms with E-state index >= 15 is 0 Å². The largest absolute Gasteiger partial charge is 0.494 e. The van der Waals surface area contributed by atoms with E-state index in [-0.39, 0.29) is 18.3 Å². The lowest BCUT2D eigenvalue weighted by Crippen LogP contribution is -2.41. The van der Waals surface area contributed by atoms with Gasteiger partial charge in [0.25, 0.3) is 0 Å². The van der Waals surface area contributed by atoms with Crippen LogP contribution >= 0.6 is 0 Å². The van der Waals surface area contributed by atoms with Crippen LogP contribution in [0.4, 0.5) is 0 Å². The van der Waals surface area contributed by atoms with Gasteiger partial charge in [-0.15, -0.1) is 0 Å². The average Bonchev–Trinajstić information content (AvgIpc) is 3.26. The summed E-state index contributed by atoms with van der Waals surface area (Å²) in [6, 6.07) is 27.6. The quantitative estimate of drug-likeness (QED) is 0.298. The van der Waals surface area contributed by atoms with E-state index < -0.39 is 0 Å². The molecular weight excluding hydrogens is 395 g/mol. The summed E-state index contributed by atoms with van der Waals surface area (Å²) in [5, 5.41) is 4.64. The van der Waals surface area contributed by atoms with Gasteiger partial charge < -0.3 is 13.7 Å². The molecule has 1 saturated heterocycles. The zero-order valence-electron chi connectivity index (χ0n) is 18.8. The van der Waals surface area contributed by atoms with Crippen molar-refractivity contribution in [1.82, 2.24) is 0 Å². The molecule has 4 heteroatoms. The molecule has 0 unspecified atom stereocenters. The SMILES string of the molecule is CC1(C)OB(c2ccc3cc(-c4cccc5c4oc4ccccc45)ccc3c2)OC1(C)C. The molecule has 4 aromatic carbocycles. The molecule has 1 aliphatic heterocycles. The molecule has 32 heavy (non-hydrogen) atoms. The summed E-state index contributed by atoms with van der Waals surface area (Å²) in [7, 11) is -0.353. The van der Waals surface area contributed by atoms with E-state index in [4.69, 9.17) is 13.7 Å². The van der Waals surface area contributed by atoms with E-state index in [9.17, 15) is 0 Å². The van der Waals surface area contributed by atoms with E-state index in [1.54, 1.807) is 0 Å². The molecule has 1 aromatic heterocycles. The third-order valence-corrected chi connectivity index (χ3v) is 7.10. The molecule has 5 aromatic rings. The van der Waals surface area contributed by atoms with E-state index in [1.165, 1.54) is 5.39 Å². The van der Waals surface area contributed by atoms with E-state index in [2.05, 4.69) is 94.4 Å². The molecule has 0 radical (unpaired) electrons. The van der Waals surface area contributed by atoms with Gasteiger partial charge in [0.1, 0.15) is 11.2 Å². The molecule has 0 atom stereocenters. The summed E-state index contributed by atoms with van der Waals surface area (Å²) >= 11 is 0. The van der Waals surface area contributed by atoms with Crippen molar-refractivity contribution >= 4 is 45.3 Å². The van der Waals surface area contributed by atoms with Crippen LogP contribution in [0.2, 0.25) is 0 Å². The van der Waals surface area contributed by atoms with Crippen LogP contribution in [0.25, 0.3) is 43.8 Å². The number of hydrogen-bond acceptors (Lipinski definition) is 3. The molecule has 0 saturated carbocycles. The Kier molecular flexibility index (Phi) is 4.11. The maximum absolute atomic E-state index is 6.24. The van der Waals surface area contributed by atoms with Crippen LogP contribution in [-0.2, 0) is 9.31 Å². The van der Waals surface area contributed by atoms with Gasteiger partial charge in [0.2, 0.25) is 0 Å². The van der Waals surface area contributed by atoms with Crippen molar-refractivity contribution in [3.05, 3.63) is 78.9 Å². The second-order valence-corrected chi connectivity index (χ2v) is 9.69. The molecule has 0 N–H and O–H groups in total. The predicted molar refractivity (Wildman–Crippen MR) is 132 cm³/mol. The van der Waals surface area contributed by atoms with Gasteiger partial charge >= 0.3 is 7.12 Å². The Balaban J connectivity index is 1.42. The van der Waals surface area contributed by atoms with Crippen molar-refractivity contribution in [1.29, 1.82) is 0 Å². The fourth-order valence-corrected chi connectivity index (χ4v) is 4.53. The van der Waals surface area contributed by atoms with Crippen LogP contribution < -0.4 is 5.46 Å². The lowest BCUT2D eigenvalue weighted by Gasteiger charge is -2.32. The summed E-state index contributed by atoms with van der Waals surface area (Å²) < 4.78 is 18.7. The average molecular weight is 420 g/mol. The summed E-state index contributed by atoms with van der Waals surface area (Å²) in [4.78, 5) is 0. The van der Waals surface area contributed by atoms with E-state index in [1.807, 2.05) is 12.1 Å². The maximum Gasteiger partial charge on any atom is 0.494 e. The molecule has 158 valence electrons. The van der Waals surface area contributed by atoms with Crippen molar-refractivity contribution < 1.29 is 13.7 Å². The Morgan fingerprint density at radius 2 is 1.34 bits per heavy atom. The van der Waals surface area contributed by atoms with Crippen LogP contribution in [0.15, 0.2) is 83.3 Å². The normalized spacial score (nSPS) is 17.6. The molecule has 0 spiro atoms. The smallest absolute Gasteiger partial charge is 0.455 e. The molecule has 0 bridgehead atoms. The fourth-order valence-electron chi connectivity index (χ4n) is 4.53. The van der Waals surface area contributed by atoms with E-state index in [0.29, 0.717) is 0 Å². The van der Waals surface area contributed by atoms with Crippen LogP contribution in [0.3, 0.4) is 0 Å². The Bertz CT molecular complexity index is 1480. The first kappa shape index (κ1) is 19.6. The van der Waals surface area contributed by atoms with Crippen LogP contribution in [0.5, 0.6) is 0 Å². The molecule has 0 aliphatic carbocycles. The van der Waals surface area contributed by atoms with Gasteiger partial charge in [-0.25, -0.2) is 0 Å². The van der Waals surface area contributed by atoms with Gasteiger partial charge in [0, 0.05) is 16.3 Å². The number of rotatable bonds is 2. The van der Waals surface area contributed by atoms with Crippen LogP contribution in [0.1, 0.15) is 27.7 Å². The molecular formula is C28H25BO3. The summed E-state index contributed by atoms with van der Waals surface area (Å²) in [5.74, 6) is 0. The maximum atomic E-state index is 6.24. The van der Waals surface area contributed by atoms with Gasteiger partial charge in [-0.1, -0.05) is 66.7 Å². The van der Waals surface area contributed by atoms with Crippen molar-refractivity contribution in [3.8, 4) is 11.1 Å². The number of furan rings is 1. The highest BCUT2D eigenvalue weighted by Crippen LogP contribution is 2.38. The van der Waals surface area contributed by atoms with Gasteiger partial charge in [-0.05, 0) is 61.6 Å². The van der Waals surface area contributed by atoms with E-state index in [0.717, 1.165) is 43.9 Å². The molecule has 0 amide bonds. The minimum atomic E-state index is -0.353. The van der Waals surface area contributed by atoms with Crippen molar-refractivity contribution in [3.63, 3.8) is 0 Å². The van der Waals surface area contributed by atoms with Crippen LogP contribution in [0, 0.1) is 0 Å². The highest BCUT2D eigenvalue weighted by Gasteiger charge is 2.51. The number of benzene rings is 4. The standard InChI is InChI=1S/C28H25BO3/c1-27(2)28(3,4)32-29(31-27)21-15-14-18-16-20(13-12-19(18)17-21)22-9-7-10-24-23-8-5-6-11-25(23)30-26(22)24/h5-17H,1-4H3. The molecule has 6 rings (SSSR count). The highest BCUT2D eigenvalue weighted by molar-refractivity contribution is 6.62. The van der Waals surface area contributed by atoms with Crippen molar-refractivity contribution in [2.24, 2.45) is 0 Å². The second-order valence-electron chi connectivity index (χ2n) is 9.69. The Morgan fingerprint density at radius 3 is 2.16 bits per heavy atom. The lowest BCUT2D eigenvalue weighted by molar-refractivity contribution is 0.00578. The second kappa shape index (κ2) is 6.71. The Morgan fingerprint density at radius 1 is 0.656 bits per heavy atom. The highest BCUT2D eigenvalue weighted by atomic mass is 16.7. The third-order valence-electron chi connectivity index (χ3n) is 7.10. The summed E-state index contributed by atoms with van der Waals surface area (Å²) in [6.45, 7) is 8.33. The molecule has 2 heterocycles. The first-order valence-electron chi connectivity index (χ1n) is 11.1. The zero-order chi connectivity index (χ0) is 22.1. The third kappa shape index (κ3) is 2.91. The van der Waals surface area contributed by atoms with Gasteiger partial charge in [0.05, 0.1) is 11.2 Å². The zero-order valence-corrected chi connectivity index (χ0v) is 18.8. The molecule has 3 nitrogen and oxygen atoms in total. The monoisotopic (exact) mass is 420 g/mol. The number of fused-ring (bicyclic) bond motifs is 4. The molecule has 1 aliphatic rings. The number of hydrogen-bond donors (Lipinski definition) is 0. The van der Waals surface area contributed by atoms with Gasteiger partial charge in [-0.3, -0.25) is 0 Å². The van der Waals surface area contributed by atoms with Crippen molar-refractivity contribution in [2.75, 3.05) is 0 Å². The predicted octanol–water partition coefficient (Wildman–Crippen LogP) is 6.71. The lowest BCUT2D eigenvalue weighted by atomic mass is 9.78. The molecule has 1 fully saturated rings. The van der Waals surface area contributed by atoms with Crippen molar-refractivity contribution in [2.45, 2.75) is 38.9 Å². The topological polar surface area (TPSA) is 31.6 Å². The minimum Gasteiger partial charge on any atom is -0.455 e. The minimum absolute atomic E-state index is 0.345. The number of para-hydroxylation sites is 2.